The largest absolute Gasteiger partial charge is 0.479 e. The number of alkyl halides is 5. The molecule has 2 aromatic carbocycles. The molecule has 0 aliphatic heterocycles. The molecule has 0 aromatic heterocycles. The fourth-order valence-electron chi connectivity index (χ4n) is 3.71. The molecule has 2 N–H and O–H groups in total. The molecule has 0 bridgehead atoms. The summed E-state index contributed by atoms with van der Waals surface area (Å²) in [6, 6.07) is 7.87. The first-order valence-electron chi connectivity index (χ1n) is 13.2. The second-order valence-electron chi connectivity index (χ2n) is 9.28. The van der Waals surface area contributed by atoms with Crippen LogP contribution in [0.4, 0.5) is 18.9 Å². The van der Waals surface area contributed by atoms with Gasteiger partial charge in [-0.2, -0.15) is 13.2 Å². The zero-order valence-electron chi connectivity index (χ0n) is 22.6. The van der Waals surface area contributed by atoms with Crippen LogP contribution in [0.1, 0.15) is 93.5 Å². The number of nitro benzene ring substituents is 1. The van der Waals surface area contributed by atoms with Crippen molar-refractivity contribution in [1.82, 2.24) is 0 Å². The number of halogens is 5. The summed E-state index contributed by atoms with van der Waals surface area (Å²) in [7, 11) is 0. The van der Waals surface area contributed by atoms with Gasteiger partial charge in [0.2, 0.25) is 4.33 Å². The van der Waals surface area contributed by atoms with Crippen molar-refractivity contribution in [3.63, 3.8) is 0 Å². The van der Waals surface area contributed by atoms with Gasteiger partial charge in [0, 0.05) is 11.0 Å². The zero-order chi connectivity index (χ0) is 31.1. The summed E-state index contributed by atoms with van der Waals surface area (Å²) < 4.78 is 36.4. The number of nitrogens with zero attached hydrogens (tertiary/aromatic N) is 1. The van der Waals surface area contributed by atoms with Crippen molar-refractivity contribution in [2.45, 2.75) is 97.9 Å². The van der Waals surface area contributed by atoms with E-state index in [1.807, 2.05) is 0 Å². The molecule has 228 valence electrons. The number of nitro groups is 1. The molecule has 0 fully saturated rings. The number of carboxylic acids is 2. The first kappa shape index (κ1) is 36.5. The summed E-state index contributed by atoms with van der Waals surface area (Å²) >= 11 is 12.0. The molecule has 0 amide bonds. The van der Waals surface area contributed by atoms with Crippen LogP contribution in [0.5, 0.6) is 0 Å². The molecule has 0 saturated carbocycles. The van der Waals surface area contributed by atoms with Gasteiger partial charge in [0.25, 0.3) is 5.69 Å². The van der Waals surface area contributed by atoms with Crippen molar-refractivity contribution < 1.29 is 37.9 Å². The van der Waals surface area contributed by atoms with Crippen LogP contribution in [-0.2, 0) is 11.0 Å². The fraction of sp³-hybridized carbons (Fsp3) is 0.500. The van der Waals surface area contributed by atoms with E-state index >= 15 is 0 Å². The first-order chi connectivity index (χ1) is 19.2. The molecule has 13 heteroatoms. The van der Waals surface area contributed by atoms with Gasteiger partial charge in [-0.15, -0.1) is 0 Å². The number of hydrogen-bond donors (Lipinski definition) is 2. The van der Waals surface area contributed by atoms with E-state index in [2.05, 4.69) is 6.92 Å². The fourth-order valence-corrected chi connectivity index (χ4v) is 5.01. The van der Waals surface area contributed by atoms with E-state index in [1.54, 1.807) is 0 Å². The van der Waals surface area contributed by atoms with E-state index in [1.165, 1.54) is 69.2 Å². The molecule has 0 atom stereocenters. The number of benzene rings is 2. The van der Waals surface area contributed by atoms with Gasteiger partial charge in [0.15, 0.2) is 0 Å². The Morgan fingerprint density at radius 2 is 1.41 bits per heavy atom. The van der Waals surface area contributed by atoms with Crippen molar-refractivity contribution in [2.24, 2.45) is 0 Å². The maximum atomic E-state index is 12.7. The third-order valence-electron chi connectivity index (χ3n) is 5.98. The average Bonchev–Trinajstić information content (AvgIpc) is 2.89. The van der Waals surface area contributed by atoms with Gasteiger partial charge in [0.05, 0.1) is 20.9 Å². The maximum Gasteiger partial charge on any atom is 0.416 e. The Morgan fingerprint density at radius 3 is 1.90 bits per heavy atom. The van der Waals surface area contributed by atoms with Gasteiger partial charge in [-0.25, -0.2) is 9.59 Å². The second kappa shape index (κ2) is 18.1. The lowest BCUT2D eigenvalue weighted by molar-refractivity contribution is -0.388. The molecule has 0 spiro atoms. The quantitative estimate of drug-likeness (QED) is 0.0811. The normalized spacial score (nSPS) is 11.5. The van der Waals surface area contributed by atoms with Crippen LogP contribution in [0.25, 0.3) is 0 Å². The van der Waals surface area contributed by atoms with Crippen LogP contribution in [0, 0.1) is 10.1 Å². The van der Waals surface area contributed by atoms with Crippen LogP contribution >= 0.6 is 35.0 Å². The number of unbranched alkanes of at least 4 members (excludes halogenated alkanes) is 9. The summed E-state index contributed by atoms with van der Waals surface area (Å²) in [5, 5.41) is 28.8. The van der Waals surface area contributed by atoms with Crippen molar-refractivity contribution >= 4 is 52.6 Å². The minimum Gasteiger partial charge on any atom is -0.479 e. The molecule has 0 aliphatic carbocycles. The molecule has 0 unspecified atom stereocenters. The van der Waals surface area contributed by atoms with E-state index in [4.69, 9.17) is 33.4 Å². The predicted octanol–water partition coefficient (Wildman–Crippen LogP) is 10.0. The van der Waals surface area contributed by atoms with E-state index < -0.39 is 38.6 Å². The second-order valence-corrected chi connectivity index (χ2v) is 11.9. The smallest absolute Gasteiger partial charge is 0.416 e. The standard InChI is InChI=1S/C14H26Cl2O2.C14H8F3NO4S/c1-2-3-4-5-6-7-8-9-10-11-12-14(15,16)13(17)18;15-14(16,17)8-5-6-12(10(7-8)18(21)22)23-11-4-2-1-3-9(11)13(19)20/h2-12H2,1H3,(H,17,18);1-7H,(H,19,20). The lowest BCUT2D eigenvalue weighted by atomic mass is 10.1. The lowest BCUT2D eigenvalue weighted by Crippen LogP contribution is -2.25. The highest BCUT2D eigenvalue weighted by Gasteiger charge is 2.33. The highest BCUT2D eigenvalue weighted by atomic mass is 35.5. The number of carbonyl (C=O) groups is 2. The minimum absolute atomic E-state index is 0.0725. The average molecular weight is 641 g/mol. The van der Waals surface area contributed by atoms with Crippen LogP contribution in [0.3, 0.4) is 0 Å². The van der Waals surface area contributed by atoms with Crippen molar-refractivity contribution in [1.29, 1.82) is 0 Å². The zero-order valence-corrected chi connectivity index (χ0v) is 24.9. The summed E-state index contributed by atoms with van der Waals surface area (Å²) in [4.78, 5) is 32.0. The minimum atomic E-state index is -4.70. The Balaban J connectivity index is 0.000000425. The molecule has 0 heterocycles. The lowest BCUT2D eigenvalue weighted by Gasteiger charge is -2.13. The number of aromatic carboxylic acids is 1. The summed E-state index contributed by atoms with van der Waals surface area (Å²) in [5.41, 5.74) is -1.96. The Morgan fingerprint density at radius 1 is 0.878 bits per heavy atom. The Hall–Kier alpha value is -2.50. The molecule has 0 saturated heterocycles. The monoisotopic (exact) mass is 639 g/mol. The third-order valence-corrected chi connectivity index (χ3v) is 7.82. The van der Waals surface area contributed by atoms with Gasteiger partial charge in [-0.05, 0) is 37.1 Å². The number of aliphatic carboxylic acids is 1. The van der Waals surface area contributed by atoms with E-state index in [0.29, 0.717) is 12.5 Å². The highest BCUT2D eigenvalue weighted by Crippen LogP contribution is 2.40. The van der Waals surface area contributed by atoms with Crippen LogP contribution in [-0.4, -0.2) is 31.4 Å². The van der Waals surface area contributed by atoms with Crippen LogP contribution < -0.4 is 0 Å². The molecular weight excluding hydrogens is 606 g/mol. The number of carboxylic acid groups (broad SMARTS) is 2. The number of rotatable bonds is 16. The Bertz CT molecular complexity index is 1150. The van der Waals surface area contributed by atoms with Gasteiger partial charge < -0.3 is 10.2 Å². The van der Waals surface area contributed by atoms with Crippen LogP contribution in [0.2, 0.25) is 0 Å². The summed E-state index contributed by atoms with van der Waals surface area (Å²) in [6.45, 7) is 2.23. The molecule has 2 rings (SSSR count). The first-order valence-corrected chi connectivity index (χ1v) is 14.7. The van der Waals surface area contributed by atoms with Crippen LogP contribution in [0.15, 0.2) is 52.3 Å². The van der Waals surface area contributed by atoms with Crippen molar-refractivity contribution in [2.75, 3.05) is 0 Å². The maximum absolute atomic E-state index is 12.7. The topological polar surface area (TPSA) is 118 Å². The SMILES string of the molecule is CCCCCCCCCCCCC(Cl)(Cl)C(=O)O.O=C(O)c1ccccc1Sc1ccc(C(F)(F)F)cc1[N+](=O)[O-]. The van der Waals surface area contributed by atoms with Crippen molar-refractivity contribution in [3.05, 3.63) is 63.7 Å². The molecular formula is C28H34Cl2F3NO6S. The molecule has 41 heavy (non-hydrogen) atoms. The number of hydrogen-bond acceptors (Lipinski definition) is 5. The van der Waals surface area contributed by atoms with E-state index in [9.17, 15) is 32.9 Å². The van der Waals surface area contributed by atoms with E-state index in [0.717, 1.165) is 43.2 Å². The molecule has 2 aromatic rings. The molecule has 0 radical (unpaired) electrons. The van der Waals surface area contributed by atoms with E-state index in [-0.39, 0.29) is 15.4 Å². The van der Waals surface area contributed by atoms with Gasteiger partial charge in [-0.1, -0.05) is 112 Å². The summed E-state index contributed by atoms with van der Waals surface area (Å²) in [6.07, 6.45) is 7.78. The van der Waals surface area contributed by atoms with Gasteiger partial charge in [0.1, 0.15) is 0 Å². The Labute approximate surface area is 251 Å². The third kappa shape index (κ3) is 13.8. The Kier molecular flexibility index (Phi) is 16.1. The molecule has 7 nitrogen and oxygen atoms in total. The summed E-state index contributed by atoms with van der Waals surface area (Å²) in [5.74, 6) is -2.37. The predicted molar refractivity (Wildman–Crippen MR) is 154 cm³/mol. The van der Waals surface area contributed by atoms with Gasteiger partial charge >= 0.3 is 18.1 Å². The van der Waals surface area contributed by atoms with Crippen molar-refractivity contribution in [3.8, 4) is 0 Å². The van der Waals surface area contributed by atoms with Gasteiger partial charge in [-0.3, -0.25) is 10.1 Å². The molecule has 0 aliphatic rings. The highest BCUT2D eigenvalue weighted by molar-refractivity contribution is 7.99.